The zero-order chi connectivity index (χ0) is 24.2. The molecule has 0 spiro atoms. The number of carbonyl (C=O) groups is 1. The van der Waals surface area contributed by atoms with E-state index in [1.165, 1.54) is 12.1 Å². The van der Waals surface area contributed by atoms with Crippen molar-refractivity contribution in [2.45, 2.75) is 54.5 Å². The Kier molecular flexibility index (Phi) is 7.44. The van der Waals surface area contributed by atoms with Crippen LogP contribution in [0.4, 0.5) is 5.69 Å². The fraction of sp³-hybridized carbons (Fsp3) is 0.292. The first kappa shape index (κ1) is 24.7. The lowest BCUT2D eigenvalue weighted by Crippen LogP contribution is -2.20. The number of thioether (sulfide) groups is 1. The van der Waals surface area contributed by atoms with Gasteiger partial charge in [-0.25, -0.2) is 13.4 Å². The van der Waals surface area contributed by atoms with Crippen molar-refractivity contribution in [3.63, 3.8) is 0 Å². The number of rotatable bonds is 7. The Bertz CT molecular complexity index is 1310. The first-order chi connectivity index (χ1) is 15.5. The largest absolute Gasteiger partial charge is 0.325 e. The van der Waals surface area contributed by atoms with E-state index in [1.54, 1.807) is 12.1 Å². The summed E-state index contributed by atoms with van der Waals surface area (Å²) in [6, 6.07) is 14.0. The third kappa shape index (κ3) is 5.91. The summed E-state index contributed by atoms with van der Waals surface area (Å²) in [5, 5.41) is 3.01. The molecule has 7 nitrogen and oxygen atoms in total. The molecule has 0 aliphatic heterocycles. The molecule has 0 bridgehead atoms. The normalized spacial score (nSPS) is 11.9. The molecule has 33 heavy (non-hydrogen) atoms. The van der Waals surface area contributed by atoms with Gasteiger partial charge in [0.25, 0.3) is 5.56 Å². The molecule has 1 amide bonds. The van der Waals surface area contributed by atoms with Crippen LogP contribution in [-0.2, 0) is 26.5 Å². The van der Waals surface area contributed by atoms with E-state index in [2.05, 4.69) is 15.3 Å². The highest BCUT2D eigenvalue weighted by Gasteiger charge is 2.23. The number of aromatic amines is 1. The Morgan fingerprint density at radius 2 is 1.76 bits per heavy atom. The van der Waals surface area contributed by atoms with Crippen molar-refractivity contribution in [2.24, 2.45) is 0 Å². The van der Waals surface area contributed by atoms with E-state index >= 15 is 0 Å². The second kappa shape index (κ2) is 9.93. The van der Waals surface area contributed by atoms with Gasteiger partial charge in [-0.1, -0.05) is 69.8 Å². The zero-order valence-corrected chi connectivity index (χ0v) is 20.6. The number of sulfone groups is 1. The van der Waals surface area contributed by atoms with Crippen LogP contribution >= 0.6 is 11.8 Å². The van der Waals surface area contributed by atoms with Crippen LogP contribution in [0.1, 0.15) is 38.8 Å². The van der Waals surface area contributed by atoms with Gasteiger partial charge in [0, 0.05) is 5.69 Å². The van der Waals surface area contributed by atoms with Crippen LogP contribution in [0.2, 0.25) is 0 Å². The molecule has 0 radical (unpaired) electrons. The average Bonchev–Trinajstić information content (AvgIpc) is 2.77. The molecule has 2 aromatic carbocycles. The quantitative estimate of drug-likeness (QED) is 0.384. The Hall–Kier alpha value is -2.91. The Morgan fingerprint density at radius 1 is 1.09 bits per heavy atom. The molecule has 1 aromatic heterocycles. The zero-order valence-electron chi connectivity index (χ0n) is 19.0. The van der Waals surface area contributed by atoms with Crippen molar-refractivity contribution in [1.29, 1.82) is 0 Å². The lowest BCUT2D eigenvalue weighted by molar-refractivity contribution is -0.113. The maximum atomic E-state index is 12.9. The summed E-state index contributed by atoms with van der Waals surface area (Å²) in [7, 11) is -4.02. The van der Waals surface area contributed by atoms with E-state index in [0.29, 0.717) is 0 Å². The Balaban J connectivity index is 1.72. The maximum Gasteiger partial charge on any atom is 0.270 e. The fourth-order valence-electron chi connectivity index (χ4n) is 3.16. The molecule has 3 rings (SSSR count). The minimum Gasteiger partial charge on any atom is -0.325 e. The average molecular weight is 486 g/mol. The SMILES string of the molecule is CCc1ccccc1NC(=O)CSc1ncc(S(=O)(=O)c2ccc(C(C)(C)C)cc2)c(=O)[nH]1. The minimum absolute atomic E-state index is 0.0152. The fourth-order valence-corrected chi connectivity index (χ4v) is 5.03. The predicted molar refractivity (Wildman–Crippen MR) is 131 cm³/mol. The van der Waals surface area contributed by atoms with E-state index in [4.69, 9.17) is 0 Å². The molecular formula is C24H27N3O4S2. The number of aryl methyl sites for hydroxylation is 1. The van der Waals surface area contributed by atoms with Gasteiger partial charge >= 0.3 is 0 Å². The minimum atomic E-state index is -4.02. The van der Waals surface area contributed by atoms with Gasteiger partial charge in [-0.3, -0.25) is 9.59 Å². The summed E-state index contributed by atoms with van der Waals surface area (Å²) in [6.45, 7) is 8.10. The van der Waals surface area contributed by atoms with Crippen molar-refractivity contribution < 1.29 is 13.2 Å². The number of para-hydroxylation sites is 1. The molecule has 0 saturated carbocycles. The summed E-state index contributed by atoms with van der Waals surface area (Å²) >= 11 is 1.02. The highest BCUT2D eigenvalue weighted by Crippen LogP contribution is 2.25. The van der Waals surface area contributed by atoms with Crippen LogP contribution in [0.5, 0.6) is 0 Å². The van der Waals surface area contributed by atoms with Gasteiger partial charge in [-0.15, -0.1) is 0 Å². The number of hydrogen-bond acceptors (Lipinski definition) is 6. The molecule has 9 heteroatoms. The smallest absolute Gasteiger partial charge is 0.270 e. The summed E-state index contributed by atoms with van der Waals surface area (Å²) in [4.78, 5) is 30.9. The number of benzene rings is 2. The molecule has 0 atom stereocenters. The molecule has 3 aromatic rings. The van der Waals surface area contributed by atoms with Crippen LogP contribution in [0.3, 0.4) is 0 Å². The lowest BCUT2D eigenvalue weighted by atomic mass is 9.87. The molecular weight excluding hydrogens is 458 g/mol. The molecule has 0 aliphatic rings. The van der Waals surface area contributed by atoms with E-state index in [-0.39, 0.29) is 27.1 Å². The van der Waals surface area contributed by atoms with Gasteiger partial charge in [0.15, 0.2) is 10.1 Å². The maximum absolute atomic E-state index is 12.9. The molecule has 1 heterocycles. The molecule has 0 aliphatic carbocycles. The Labute approximate surface area is 198 Å². The van der Waals surface area contributed by atoms with Crippen molar-refractivity contribution >= 4 is 33.2 Å². The third-order valence-corrected chi connectivity index (χ3v) is 7.73. The summed E-state index contributed by atoms with van der Waals surface area (Å²) in [6.07, 6.45) is 1.83. The van der Waals surface area contributed by atoms with Gasteiger partial charge in [-0.2, -0.15) is 0 Å². The van der Waals surface area contributed by atoms with E-state index in [1.807, 2.05) is 52.0 Å². The third-order valence-electron chi connectivity index (χ3n) is 5.08. The lowest BCUT2D eigenvalue weighted by Gasteiger charge is -2.19. The number of aromatic nitrogens is 2. The summed E-state index contributed by atoms with van der Waals surface area (Å²) in [5.74, 6) is -0.236. The van der Waals surface area contributed by atoms with Crippen molar-refractivity contribution in [1.82, 2.24) is 9.97 Å². The number of H-pyrrole nitrogens is 1. The van der Waals surface area contributed by atoms with Crippen LogP contribution in [0, 0.1) is 0 Å². The van der Waals surface area contributed by atoms with Crippen LogP contribution in [-0.4, -0.2) is 30.0 Å². The first-order valence-electron chi connectivity index (χ1n) is 10.5. The summed E-state index contributed by atoms with van der Waals surface area (Å²) in [5.41, 5.74) is 1.85. The second-order valence-corrected chi connectivity index (χ2v) is 11.4. The van der Waals surface area contributed by atoms with Crippen LogP contribution in [0.15, 0.2) is 74.5 Å². The number of nitrogens with zero attached hydrogens (tertiary/aromatic N) is 1. The second-order valence-electron chi connectivity index (χ2n) is 8.51. The van der Waals surface area contributed by atoms with Crippen molar-refractivity contribution in [3.8, 4) is 0 Å². The number of nitrogens with one attached hydrogen (secondary N) is 2. The molecule has 2 N–H and O–H groups in total. The molecule has 174 valence electrons. The molecule has 0 saturated heterocycles. The van der Waals surface area contributed by atoms with Crippen LogP contribution in [0.25, 0.3) is 0 Å². The van der Waals surface area contributed by atoms with E-state index in [0.717, 1.165) is 41.2 Å². The van der Waals surface area contributed by atoms with E-state index in [9.17, 15) is 18.0 Å². The number of hydrogen-bond donors (Lipinski definition) is 2. The summed E-state index contributed by atoms with van der Waals surface area (Å²) < 4.78 is 25.9. The van der Waals surface area contributed by atoms with E-state index < -0.39 is 20.3 Å². The monoisotopic (exact) mass is 485 g/mol. The number of amides is 1. The molecule has 0 fully saturated rings. The van der Waals surface area contributed by atoms with Gasteiger partial charge < -0.3 is 10.3 Å². The highest BCUT2D eigenvalue weighted by molar-refractivity contribution is 7.99. The number of anilines is 1. The van der Waals surface area contributed by atoms with Gasteiger partial charge in [0.2, 0.25) is 15.7 Å². The highest BCUT2D eigenvalue weighted by atomic mass is 32.2. The van der Waals surface area contributed by atoms with Gasteiger partial charge in [-0.05, 0) is 41.2 Å². The van der Waals surface area contributed by atoms with Gasteiger partial charge in [0.05, 0.1) is 16.8 Å². The number of carbonyl (C=O) groups excluding carboxylic acids is 1. The predicted octanol–water partition coefficient (Wildman–Crippen LogP) is 4.19. The topological polar surface area (TPSA) is 109 Å². The standard InChI is InChI=1S/C24H27N3O4S2/c1-5-16-8-6-7-9-19(16)26-21(28)15-32-23-25-14-20(22(29)27-23)33(30,31)18-12-10-17(11-13-18)24(2,3)4/h6-14H,5,15H2,1-4H3,(H,26,28)(H,25,27,29). The van der Waals surface area contributed by atoms with Crippen molar-refractivity contribution in [3.05, 3.63) is 76.2 Å². The van der Waals surface area contributed by atoms with Gasteiger partial charge in [0.1, 0.15) is 0 Å². The molecule has 0 unspecified atom stereocenters. The van der Waals surface area contributed by atoms with Crippen LogP contribution < -0.4 is 10.9 Å². The Morgan fingerprint density at radius 3 is 2.36 bits per heavy atom. The van der Waals surface area contributed by atoms with Crippen molar-refractivity contribution in [2.75, 3.05) is 11.1 Å². The first-order valence-corrected chi connectivity index (χ1v) is 12.9.